The van der Waals surface area contributed by atoms with Gasteiger partial charge in [0.25, 0.3) is 0 Å². The minimum Gasteiger partial charge on any atom is -0.343 e. The number of ether oxygens (including phenoxy) is 1. The second-order valence-corrected chi connectivity index (χ2v) is 3.01. The van der Waals surface area contributed by atoms with Crippen molar-refractivity contribution in [3.63, 3.8) is 0 Å². The maximum Gasteiger partial charge on any atom is 0.245 e. The second kappa shape index (κ2) is 4.26. The molecule has 3 nitrogen and oxygen atoms in total. The summed E-state index contributed by atoms with van der Waals surface area (Å²) in [5, 5.41) is 0. The zero-order chi connectivity index (χ0) is 8.97. The molecule has 1 unspecified atom stereocenters. The maximum absolute atomic E-state index is 5.34. The minimum atomic E-state index is 0.191. The van der Waals surface area contributed by atoms with Crippen molar-refractivity contribution in [3.8, 4) is 0 Å². The molecule has 0 aliphatic heterocycles. The molecule has 0 amide bonds. The van der Waals surface area contributed by atoms with Gasteiger partial charge in [0.2, 0.25) is 12.6 Å². The van der Waals surface area contributed by atoms with Crippen LogP contribution in [0, 0.1) is 0 Å². The highest BCUT2D eigenvalue weighted by atomic mass is 16.5. The number of aromatic nitrogens is 2. The van der Waals surface area contributed by atoms with E-state index in [0.29, 0.717) is 0 Å². The fourth-order valence-electron chi connectivity index (χ4n) is 1.28. The molecular formula is C9H17N2O+. The van der Waals surface area contributed by atoms with E-state index in [2.05, 4.69) is 11.5 Å². The summed E-state index contributed by atoms with van der Waals surface area (Å²) < 4.78 is 9.44. The number of aryl methyl sites for hydroxylation is 1. The molecule has 1 atom stereocenters. The molecule has 1 rings (SSSR count). The average Bonchev–Trinajstić information content (AvgIpc) is 2.47. The van der Waals surface area contributed by atoms with Crippen LogP contribution in [0.3, 0.4) is 0 Å². The van der Waals surface area contributed by atoms with Crippen LogP contribution in [0.2, 0.25) is 0 Å². The van der Waals surface area contributed by atoms with Crippen molar-refractivity contribution in [2.75, 3.05) is 7.11 Å². The Kier molecular flexibility index (Phi) is 3.29. The first-order valence-electron chi connectivity index (χ1n) is 4.33. The summed E-state index contributed by atoms with van der Waals surface area (Å²) in [4.78, 5) is 0. The molecule has 0 N–H and O–H groups in total. The van der Waals surface area contributed by atoms with Gasteiger partial charge in [-0.3, -0.25) is 0 Å². The van der Waals surface area contributed by atoms with Crippen molar-refractivity contribution < 1.29 is 9.30 Å². The van der Waals surface area contributed by atoms with Gasteiger partial charge >= 0.3 is 0 Å². The first-order valence-corrected chi connectivity index (χ1v) is 4.33. The fraction of sp³-hybridized carbons (Fsp3) is 0.667. The van der Waals surface area contributed by atoms with Crippen LogP contribution < -0.4 is 4.57 Å². The van der Waals surface area contributed by atoms with Crippen LogP contribution in [0.15, 0.2) is 18.7 Å². The summed E-state index contributed by atoms with van der Waals surface area (Å²) in [5.74, 6) is 0. The highest BCUT2D eigenvalue weighted by Gasteiger charge is 2.13. The Balaban J connectivity index is 2.66. The Morgan fingerprint density at radius 3 is 2.75 bits per heavy atom. The molecule has 0 aromatic carbocycles. The standard InChI is InChI=1S/C9H17N2O/c1-4-5-9(12-3)11-7-6-10(2)8-11/h6-9H,4-5H2,1-3H3/q+1. The SMILES string of the molecule is CCCC(OC)n1cc[n+](C)c1. The van der Waals surface area contributed by atoms with E-state index in [1.807, 2.05) is 30.3 Å². The van der Waals surface area contributed by atoms with Gasteiger partial charge in [0, 0.05) is 13.5 Å². The summed E-state index contributed by atoms with van der Waals surface area (Å²) in [6, 6.07) is 0. The summed E-state index contributed by atoms with van der Waals surface area (Å²) in [6.45, 7) is 2.16. The summed E-state index contributed by atoms with van der Waals surface area (Å²) in [7, 11) is 3.76. The lowest BCUT2D eigenvalue weighted by Gasteiger charge is -2.09. The van der Waals surface area contributed by atoms with Gasteiger partial charge in [-0.15, -0.1) is 0 Å². The number of methoxy groups -OCH3 is 1. The van der Waals surface area contributed by atoms with Crippen LogP contribution >= 0.6 is 0 Å². The van der Waals surface area contributed by atoms with E-state index < -0.39 is 0 Å². The van der Waals surface area contributed by atoms with E-state index >= 15 is 0 Å². The highest BCUT2D eigenvalue weighted by molar-refractivity contribution is 4.69. The highest BCUT2D eigenvalue weighted by Crippen LogP contribution is 2.12. The molecule has 1 aromatic rings. The van der Waals surface area contributed by atoms with E-state index in [1.54, 1.807) is 7.11 Å². The monoisotopic (exact) mass is 169 g/mol. The van der Waals surface area contributed by atoms with Crippen LogP contribution in [-0.2, 0) is 11.8 Å². The Labute approximate surface area is 73.6 Å². The lowest BCUT2D eigenvalue weighted by Crippen LogP contribution is -2.24. The lowest BCUT2D eigenvalue weighted by atomic mass is 10.3. The van der Waals surface area contributed by atoms with Gasteiger partial charge in [-0.2, -0.15) is 0 Å². The third kappa shape index (κ3) is 2.08. The Hall–Kier alpha value is -0.830. The van der Waals surface area contributed by atoms with Gasteiger partial charge in [0.05, 0.1) is 7.05 Å². The van der Waals surface area contributed by atoms with Gasteiger partial charge in [-0.25, -0.2) is 9.13 Å². The number of nitrogens with zero attached hydrogens (tertiary/aromatic N) is 2. The molecule has 0 saturated heterocycles. The normalized spacial score (nSPS) is 13.2. The first-order chi connectivity index (χ1) is 5.77. The third-order valence-corrected chi connectivity index (χ3v) is 1.93. The summed E-state index contributed by atoms with van der Waals surface area (Å²) in [5.41, 5.74) is 0. The molecular weight excluding hydrogens is 152 g/mol. The number of hydrogen-bond donors (Lipinski definition) is 0. The topological polar surface area (TPSA) is 18.0 Å². The third-order valence-electron chi connectivity index (χ3n) is 1.93. The van der Waals surface area contributed by atoms with Gasteiger partial charge < -0.3 is 4.74 Å². The van der Waals surface area contributed by atoms with Crippen molar-refractivity contribution in [2.24, 2.45) is 7.05 Å². The predicted molar refractivity (Wildman–Crippen MR) is 46.6 cm³/mol. The number of hydrogen-bond acceptors (Lipinski definition) is 1. The summed E-state index contributed by atoms with van der Waals surface area (Å²) >= 11 is 0. The van der Waals surface area contributed by atoms with Gasteiger partial charge in [0.1, 0.15) is 12.4 Å². The van der Waals surface area contributed by atoms with Crippen molar-refractivity contribution in [1.29, 1.82) is 0 Å². The smallest absolute Gasteiger partial charge is 0.245 e. The van der Waals surface area contributed by atoms with Gasteiger partial charge in [-0.05, 0) is 6.42 Å². The van der Waals surface area contributed by atoms with Crippen LogP contribution in [0.5, 0.6) is 0 Å². The van der Waals surface area contributed by atoms with Gasteiger partial charge in [-0.1, -0.05) is 6.92 Å². The molecule has 68 valence electrons. The van der Waals surface area contributed by atoms with Crippen LogP contribution in [-0.4, -0.2) is 11.7 Å². The molecule has 12 heavy (non-hydrogen) atoms. The Morgan fingerprint density at radius 2 is 2.33 bits per heavy atom. The molecule has 0 radical (unpaired) electrons. The molecule has 0 bridgehead atoms. The average molecular weight is 169 g/mol. The largest absolute Gasteiger partial charge is 0.343 e. The molecule has 0 aliphatic rings. The van der Waals surface area contributed by atoms with Crippen LogP contribution in [0.25, 0.3) is 0 Å². The number of imidazole rings is 1. The molecule has 0 saturated carbocycles. The Morgan fingerprint density at radius 1 is 1.58 bits per heavy atom. The summed E-state index contributed by atoms with van der Waals surface area (Å²) in [6.07, 6.45) is 8.47. The van der Waals surface area contributed by atoms with Crippen molar-refractivity contribution in [3.05, 3.63) is 18.7 Å². The fourth-order valence-corrected chi connectivity index (χ4v) is 1.28. The zero-order valence-corrected chi connectivity index (χ0v) is 8.03. The molecule has 1 aromatic heterocycles. The van der Waals surface area contributed by atoms with E-state index in [9.17, 15) is 0 Å². The van der Waals surface area contributed by atoms with E-state index in [4.69, 9.17) is 4.74 Å². The Bertz CT molecular complexity index is 232. The molecule has 1 heterocycles. The minimum absolute atomic E-state index is 0.191. The molecule has 0 fully saturated rings. The maximum atomic E-state index is 5.34. The zero-order valence-electron chi connectivity index (χ0n) is 8.03. The van der Waals surface area contributed by atoms with Crippen molar-refractivity contribution in [2.45, 2.75) is 26.0 Å². The second-order valence-electron chi connectivity index (χ2n) is 3.01. The molecule has 3 heteroatoms. The lowest BCUT2D eigenvalue weighted by molar-refractivity contribution is -0.671. The van der Waals surface area contributed by atoms with Crippen LogP contribution in [0.4, 0.5) is 0 Å². The van der Waals surface area contributed by atoms with E-state index in [0.717, 1.165) is 12.8 Å². The number of rotatable bonds is 4. The quantitative estimate of drug-likeness (QED) is 0.620. The molecule has 0 aliphatic carbocycles. The first kappa shape index (κ1) is 9.26. The van der Waals surface area contributed by atoms with Crippen LogP contribution in [0.1, 0.15) is 26.0 Å². The predicted octanol–water partition coefficient (Wildman–Crippen LogP) is 1.26. The molecule has 0 spiro atoms. The van der Waals surface area contributed by atoms with E-state index in [1.165, 1.54) is 0 Å². The van der Waals surface area contributed by atoms with Gasteiger partial charge in [0.15, 0.2) is 0 Å². The van der Waals surface area contributed by atoms with Crippen molar-refractivity contribution >= 4 is 0 Å². The van der Waals surface area contributed by atoms with Crippen molar-refractivity contribution in [1.82, 2.24) is 4.57 Å². The van der Waals surface area contributed by atoms with E-state index in [-0.39, 0.29) is 6.23 Å².